The minimum atomic E-state index is -4.46. The smallest absolute Gasteiger partial charge is 0.416 e. The van der Waals surface area contributed by atoms with Crippen LogP contribution in [0.25, 0.3) is 11.1 Å². The Balaban J connectivity index is 1.39. The summed E-state index contributed by atoms with van der Waals surface area (Å²) in [4.78, 5) is 2.31. The van der Waals surface area contributed by atoms with E-state index in [4.69, 9.17) is 10.5 Å². The molecule has 36 heavy (non-hydrogen) atoms. The van der Waals surface area contributed by atoms with Gasteiger partial charge in [0.1, 0.15) is 12.4 Å². The Bertz CT molecular complexity index is 1150. The molecule has 1 aliphatic heterocycles. The van der Waals surface area contributed by atoms with Crippen LogP contribution in [0.4, 0.5) is 13.2 Å². The number of nitrogens with one attached hydrogen (secondary N) is 1. The minimum Gasteiger partial charge on any atom is -0.488 e. The highest BCUT2D eigenvalue weighted by atomic mass is 19.4. The Morgan fingerprint density at radius 1 is 1.00 bits per heavy atom. The van der Waals surface area contributed by atoms with Crippen LogP contribution in [-0.4, -0.2) is 43.2 Å². The van der Waals surface area contributed by atoms with E-state index in [1.807, 2.05) is 60.7 Å². The normalized spacial score (nSPS) is 22.1. The molecule has 1 heterocycles. The van der Waals surface area contributed by atoms with Crippen molar-refractivity contribution in [2.24, 2.45) is 5.73 Å². The van der Waals surface area contributed by atoms with E-state index in [-0.39, 0.29) is 30.4 Å². The zero-order valence-corrected chi connectivity index (χ0v) is 20.2. The van der Waals surface area contributed by atoms with Crippen molar-refractivity contribution in [1.82, 2.24) is 10.2 Å². The van der Waals surface area contributed by atoms with Crippen molar-refractivity contribution in [3.8, 4) is 16.9 Å². The SMILES string of the molecule is N[C@@H]1CCN(CCN[C@@H]2C[C@H]2c2cc(-c3ccccc3)c(OCc3ccccc3)cc2C(F)(F)F)C1. The number of benzene rings is 3. The van der Waals surface area contributed by atoms with Gasteiger partial charge in [0, 0.05) is 43.2 Å². The Kier molecular flexibility index (Phi) is 7.32. The molecule has 0 unspecified atom stereocenters. The van der Waals surface area contributed by atoms with E-state index in [9.17, 15) is 13.2 Å². The molecule has 2 aliphatic rings. The van der Waals surface area contributed by atoms with Gasteiger partial charge in [-0.25, -0.2) is 0 Å². The summed E-state index contributed by atoms with van der Waals surface area (Å²) in [6.07, 6.45) is -2.77. The molecule has 0 radical (unpaired) electrons. The average molecular weight is 496 g/mol. The summed E-state index contributed by atoms with van der Waals surface area (Å²) in [6.45, 7) is 3.69. The van der Waals surface area contributed by atoms with Crippen molar-refractivity contribution >= 4 is 0 Å². The van der Waals surface area contributed by atoms with Crippen molar-refractivity contribution in [3.63, 3.8) is 0 Å². The molecule has 7 heteroatoms. The number of halogens is 3. The van der Waals surface area contributed by atoms with E-state index in [0.717, 1.165) is 43.7 Å². The summed E-state index contributed by atoms with van der Waals surface area (Å²) in [5.41, 5.74) is 8.14. The molecule has 1 saturated carbocycles. The lowest BCUT2D eigenvalue weighted by Gasteiger charge is -2.20. The van der Waals surface area contributed by atoms with Crippen molar-refractivity contribution in [2.45, 2.75) is 43.6 Å². The molecule has 5 rings (SSSR count). The van der Waals surface area contributed by atoms with Crippen LogP contribution >= 0.6 is 0 Å². The molecular formula is C29H32F3N3O. The van der Waals surface area contributed by atoms with Crippen LogP contribution in [0, 0.1) is 0 Å². The van der Waals surface area contributed by atoms with Crippen LogP contribution < -0.4 is 15.8 Å². The maximum Gasteiger partial charge on any atom is 0.416 e. The van der Waals surface area contributed by atoms with Crippen LogP contribution in [0.15, 0.2) is 72.8 Å². The minimum absolute atomic E-state index is 0.0436. The molecule has 0 bridgehead atoms. The molecule has 190 valence electrons. The number of likely N-dealkylation sites (tertiary alicyclic amines) is 1. The van der Waals surface area contributed by atoms with E-state index < -0.39 is 11.7 Å². The van der Waals surface area contributed by atoms with Gasteiger partial charge in [0.15, 0.2) is 0 Å². The van der Waals surface area contributed by atoms with E-state index >= 15 is 0 Å². The Hall–Kier alpha value is -2.87. The molecule has 0 amide bonds. The lowest BCUT2D eigenvalue weighted by Crippen LogP contribution is -2.33. The molecule has 0 aromatic heterocycles. The second-order valence-corrected chi connectivity index (χ2v) is 9.83. The largest absolute Gasteiger partial charge is 0.488 e. The first-order valence-corrected chi connectivity index (χ1v) is 12.6. The number of hydrogen-bond donors (Lipinski definition) is 2. The van der Waals surface area contributed by atoms with Gasteiger partial charge in [-0.15, -0.1) is 0 Å². The summed E-state index contributed by atoms with van der Waals surface area (Å²) in [5.74, 6) is 0.0738. The first-order valence-electron chi connectivity index (χ1n) is 12.6. The van der Waals surface area contributed by atoms with Gasteiger partial charge in [0.25, 0.3) is 0 Å². The standard InChI is InChI=1S/C29H32F3N3O/c30-29(31,32)26-17-28(36-19-20-7-3-1-4-8-20)23(21-9-5-2-6-10-21)15-24(26)25-16-27(25)34-12-14-35-13-11-22(33)18-35/h1-10,15,17,22,25,27,34H,11-14,16,18-19,33H2/t22-,25+,27-/m1/s1. The highest BCUT2D eigenvalue weighted by molar-refractivity contribution is 5.73. The predicted octanol–water partition coefficient (Wildman–Crippen LogP) is 5.43. The van der Waals surface area contributed by atoms with E-state index in [1.165, 1.54) is 6.07 Å². The summed E-state index contributed by atoms with van der Waals surface area (Å²) in [7, 11) is 0. The molecule has 3 N–H and O–H groups in total. The van der Waals surface area contributed by atoms with Gasteiger partial charge in [0.05, 0.1) is 5.56 Å². The Morgan fingerprint density at radius 3 is 2.39 bits per heavy atom. The van der Waals surface area contributed by atoms with Crippen molar-refractivity contribution in [1.29, 1.82) is 0 Å². The third-order valence-corrected chi connectivity index (χ3v) is 7.11. The van der Waals surface area contributed by atoms with Crippen LogP contribution in [0.5, 0.6) is 5.75 Å². The highest BCUT2D eigenvalue weighted by Gasteiger charge is 2.45. The number of rotatable bonds is 9. The van der Waals surface area contributed by atoms with Crippen LogP contribution in [0.3, 0.4) is 0 Å². The fourth-order valence-corrected chi connectivity index (χ4v) is 5.08. The highest BCUT2D eigenvalue weighted by Crippen LogP contribution is 2.49. The number of nitrogens with zero attached hydrogens (tertiary/aromatic N) is 1. The molecule has 3 atom stereocenters. The van der Waals surface area contributed by atoms with Gasteiger partial charge in [0.2, 0.25) is 0 Å². The van der Waals surface area contributed by atoms with E-state index in [1.54, 1.807) is 6.07 Å². The second kappa shape index (κ2) is 10.6. The third kappa shape index (κ3) is 5.91. The molecule has 3 aromatic rings. The summed E-state index contributed by atoms with van der Waals surface area (Å²) in [5, 5.41) is 3.46. The second-order valence-electron chi connectivity index (χ2n) is 9.83. The van der Waals surface area contributed by atoms with Crippen molar-refractivity contribution in [3.05, 3.63) is 89.5 Å². The molecule has 0 spiro atoms. The third-order valence-electron chi connectivity index (χ3n) is 7.11. The van der Waals surface area contributed by atoms with Gasteiger partial charge in [-0.3, -0.25) is 0 Å². The van der Waals surface area contributed by atoms with Crippen molar-refractivity contribution in [2.75, 3.05) is 26.2 Å². The van der Waals surface area contributed by atoms with Crippen LogP contribution in [-0.2, 0) is 12.8 Å². The van der Waals surface area contributed by atoms with Gasteiger partial charge in [-0.05, 0) is 48.2 Å². The molecule has 2 fully saturated rings. The lowest BCUT2D eigenvalue weighted by atomic mass is 9.94. The summed E-state index contributed by atoms with van der Waals surface area (Å²) < 4.78 is 48.7. The quantitative estimate of drug-likeness (QED) is 0.416. The van der Waals surface area contributed by atoms with Gasteiger partial charge in [-0.1, -0.05) is 60.7 Å². The van der Waals surface area contributed by atoms with Crippen LogP contribution in [0.2, 0.25) is 0 Å². The van der Waals surface area contributed by atoms with Crippen LogP contribution in [0.1, 0.15) is 35.4 Å². The average Bonchev–Trinajstić information content (AvgIpc) is 3.53. The fourth-order valence-electron chi connectivity index (χ4n) is 5.08. The maximum atomic E-state index is 14.2. The van der Waals surface area contributed by atoms with E-state index in [0.29, 0.717) is 17.5 Å². The Labute approximate surface area is 210 Å². The number of alkyl halides is 3. The monoisotopic (exact) mass is 495 g/mol. The molecule has 3 aromatic carbocycles. The lowest BCUT2D eigenvalue weighted by molar-refractivity contribution is -0.138. The Morgan fingerprint density at radius 2 is 1.72 bits per heavy atom. The topological polar surface area (TPSA) is 50.5 Å². The first kappa shape index (κ1) is 24.8. The zero-order valence-electron chi connectivity index (χ0n) is 20.2. The first-order chi connectivity index (χ1) is 17.4. The predicted molar refractivity (Wildman–Crippen MR) is 136 cm³/mol. The number of hydrogen-bond acceptors (Lipinski definition) is 4. The summed E-state index contributed by atoms with van der Waals surface area (Å²) in [6, 6.07) is 22.1. The van der Waals surface area contributed by atoms with E-state index in [2.05, 4.69) is 10.2 Å². The number of ether oxygens (including phenoxy) is 1. The molecule has 1 aliphatic carbocycles. The fraction of sp³-hybridized carbons (Fsp3) is 0.379. The zero-order chi connectivity index (χ0) is 25.1. The van der Waals surface area contributed by atoms with Gasteiger partial charge >= 0.3 is 6.18 Å². The van der Waals surface area contributed by atoms with Gasteiger partial charge < -0.3 is 20.7 Å². The summed E-state index contributed by atoms with van der Waals surface area (Å²) >= 11 is 0. The van der Waals surface area contributed by atoms with Crippen molar-refractivity contribution < 1.29 is 17.9 Å². The molecule has 1 saturated heterocycles. The maximum absolute atomic E-state index is 14.2. The molecule has 4 nitrogen and oxygen atoms in total. The van der Waals surface area contributed by atoms with Gasteiger partial charge in [-0.2, -0.15) is 13.2 Å². The molecular weight excluding hydrogens is 463 g/mol. The number of nitrogens with two attached hydrogens (primary N) is 1.